The first-order chi connectivity index (χ1) is 24.6. The van der Waals surface area contributed by atoms with Gasteiger partial charge in [0.05, 0.1) is 32.8 Å². The fraction of sp³-hybridized carbons (Fsp3) is 0.632. The smallest absolute Gasteiger partial charge is 0.394 e. The standard InChI is InChI=1S/C38H34F12O4/c39-35(40,41)31-11-27(23-5-1-21(2-6-23)25(51)52)9-29(15-31,16-32(12-27,19-31)36(42,43)44)30-10-28(24-7-3-22(4-8-24)26(53)54)13-33(17-30,37(45,46)47)20-34(14-28,18-30)38(48,49)50/h1-8H,9-20H2,(H,51,52)(H,53,54). The SMILES string of the molecule is O=C(O)c1ccc(C23CC4(C(F)(F)F)CC(C(F)(F)F)(C2)CC(C25CC6(c7ccc(C(=O)O)cc7)CC(C(F)(F)F)(CC(C(F)(F)F)(C6)C2)C5)(C3)C4)cc1. The Bertz CT molecular complexity index is 1720. The van der Waals surface area contributed by atoms with Crippen molar-refractivity contribution in [2.75, 3.05) is 0 Å². The maximum absolute atomic E-state index is 15.7. The third kappa shape index (κ3) is 4.65. The van der Waals surface area contributed by atoms with Gasteiger partial charge < -0.3 is 10.2 Å². The number of halogens is 12. The summed E-state index contributed by atoms with van der Waals surface area (Å²) in [6.07, 6.45) is -33.1. The van der Waals surface area contributed by atoms with Gasteiger partial charge in [0, 0.05) is 0 Å². The van der Waals surface area contributed by atoms with Crippen molar-refractivity contribution in [3.8, 4) is 0 Å². The number of aromatic carboxylic acids is 2. The maximum atomic E-state index is 15.7. The van der Waals surface area contributed by atoms with Crippen LogP contribution in [0.4, 0.5) is 52.7 Å². The van der Waals surface area contributed by atoms with Crippen molar-refractivity contribution in [3.63, 3.8) is 0 Å². The molecule has 0 amide bonds. The summed E-state index contributed by atoms with van der Waals surface area (Å²) in [5, 5.41) is 18.9. The van der Waals surface area contributed by atoms with Crippen molar-refractivity contribution >= 4 is 11.9 Å². The van der Waals surface area contributed by atoms with Gasteiger partial charge in [0.15, 0.2) is 0 Å². The van der Waals surface area contributed by atoms with E-state index in [1.54, 1.807) is 0 Å². The Hall–Kier alpha value is -3.46. The number of hydrogen-bond acceptors (Lipinski definition) is 2. The van der Waals surface area contributed by atoms with Gasteiger partial charge in [-0.3, -0.25) is 0 Å². The molecule has 0 heterocycles. The summed E-state index contributed by atoms with van der Waals surface area (Å²) in [7, 11) is 0. The molecule has 8 aliphatic rings. The summed E-state index contributed by atoms with van der Waals surface area (Å²) in [6.45, 7) is 0. The van der Waals surface area contributed by atoms with Gasteiger partial charge in [-0.25, -0.2) is 9.59 Å². The quantitative estimate of drug-likeness (QED) is 0.296. The number of benzene rings is 2. The molecule has 10 rings (SSSR count). The summed E-state index contributed by atoms with van der Waals surface area (Å²) < 4.78 is 188. The van der Waals surface area contributed by atoms with Crippen LogP contribution in [0.3, 0.4) is 0 Å². The minimum absolute atomic E-state index is 0.0713. The largest absolute Gasteiger partial charge is 0.478 e. The van der Waals surface area contributed by atoms with Crippen LogP contribution < -0.4 is 0 Å². The Labute approximate surface area is 300 Å². The highest BCUT2D eigenvalue weighted by atomic mass is 19.4. The molecular formula is C38H34F12O4. The van der Waals surface area contributed by atoms with Crippen molar-refractivity contribution in [2.24, 2.45) is 32.5 Å². The van der Waals surface area contributed by atoms with Crippen LogP contribution in [0.2, 0.25) is 0 Å². The number of hydrogen-bond donors (Lipinski definition) is 2. The van der Waals surface area contributed by atoms with Crippen LogP contribution in [0.15, 0.2) is 48.5 Å². The number of carbonyl (C=O) groups is 2. The monoisotopic (exact) mass is 782 g/mol. The first kappa shape index (κ1) is 37.5. The highest BCUT2D eigenvalue weighted by Crippen LogP contribution is 2.89. The number of carboxylic acids is 2. The molecule has 8 aliphatic carbocycles. The Kier molecular flexibility index (Phi) is 7.13. The van der Waals surface area contributed by atoms with E-state index in [0.717, 1.165) is 48.5 Å². The van der Waals surface area contributed by atoms with Crippen molar-refractivity contribution in [2.45, 2.75) is 113 Å². The Morgan fingerprint density at radius 1 is 0.389 bits per heavy atom. The summed E-state index contributed by atoms with van der Waals surface area (Å²) in [5.41, 5.74) is -22.0. The third-order valence-corrected chi connectivity index (χ3v) is 15.1. The number of carboxylic acid groups (broad SMARTS) is 2. The van der Waals surface area contributed by atoms with Gasteiger partial charge in [-0.05, 0) is 134 Å². The summed E-state index contributed by atoms with van der Waals surface area (Å²) in [5.74, 6) is -2.85. The fourth-order valence-corrected chi connectivity index (χ4v) is 14.1. The molecule has 54 heavy (non-hydrogen) atoms. The normalized spacial score (nSPS) is 41.3. The van der Waals surface area contributed by atoms with E-state index < -0.39 is 157 Å². The number of alkyl halides is 12. The molecule has 4 nitrogen and oxygen atoms in total. The van der Waals surface area contributed by atoms with Crippen LogP contribution in [0, 0.1) is 32.5 Å². The number of rotatable bonds is 5. The van der Waals surface area contributed by atoms with E-state index in [1.165, 1.54) is 0 Å². The molecule has 16 heteroatoms. The van der Waals surface area contributed by atoms with E-state index >= 15 is 52.7 Å². The molecule has 8 fully saturated rings. The van der Waals surface area contributed by atoms with Gasteiger partial charge in [-0.15, -0.1) is 0 Å². The van der Waals surface area contributed by atoms with E-state index in [-0.39, 0.29) is 22.3 Å². The summed E-state index contributed by atoms with van der Waals surface area (Å²) in [6, 6.07) is 8.61. The van der Waals surface area contributed by atoms with E-state index in [2.05, 4.69) is 0 Å². The Morgan fingerprint density at radius 2 is 0.630 bits per heavy atom. The first-order valence-corrected chi connectivity index (χ1v) is 17.5. The van der Waals surface area contributed by atoms with Crippen LogP contribution in [0.5, 0.6) is 0 Å². The molecule has 294 valence electrons. The van der Waals surface area contributed by atoms with Crippen LogP contribution in [-0.2, 0) is 10.8 Å². The predicted molar refractivity (Wildman–Crippen MR) is 164 cm³/mol. The molecule has 4 unspecified atom stereocenters. The lowest BCUT2D eigenvalue weighted by Gasteiger charge is -2.80. The summed E-state index contributed by atoms with van der Waals surface area (Å²) >= 11 is 0. The molecule has 0 aliphatic heterocycles. The lowest BCUT2D eigenvalue weighted by molar-refractivity contribution is -0.406. The molecular weight excluding hydrogens is 748 g/mol. The molecule has 0 saturated heterocycles. The molecule has 0 spiro atoms. The van der Waals surface area contributed by atoms with Gasteiger partial charge in [-0.2, -0.15) is 52.7 Å². The molecule has 2 aromatic carbocycles. The van der Waals surface area contributed by atoms with Gasteiger partial charge in [-0.1, -0.05) is 24.3 Å². The van der Waals surface area contributed by atoms with E-state index in [0.29, 0.717) is 0 Å². The second kappa shape index (κ2) is 10.3. The summed E-state index contributed by atoms with van der Waals surface area (Å²) in [4.78, 5) is 23.3. The van der Waals surface area contributed by atoms with Crippen molar-refractivity contribution in [1.82, 2.24) is 0 Å². The highest BCUT2D eigenvalue weighted by molar-refractivity contribution is 5.88. The maximum Gasteiger partial charge on any atom is 0.394 e. The lowest BCUT2D eigenvalue weighted by atomic mass is 9.24. The van der Waals surface area contributed by atoms with Gasteiger partial charge in [0.1, 0.15) is 0 Å². The van der Waals surface area contributed by atoms with Crippen LogP contribution in [0.1, 0.15) is 109 Å². The Morgan fingerprint density at radius 3 is 0.833 bits per heavy atom. The van der Waals surface area contributed by atoms with E-state index in [9.17, 15) is 19.8 Å². The average Bonchev–Trinajstić information content (AvgIpc) is 3.02. The topological polar surface area (TPSA) is 74.6 Å². The van der Waals surface area contributed by atoms with Gasteiger partial charge in [0.25, 0.3) is 0 Å². The minimum atomic E-state index is -5.33. The molecule has 4 atom stereocenters. The molecule has 0 aromatic heterocycles. The van der Waals surface area contributed by atoms with Crippen LogP contribution in [0.25, 0.3) is 0 Å². The predicted octanol–water partition coefficient (Wildman–Crippen LogP) is 11.2. The Balaban J connectivity index is 1.42. The molecule has 8 saturated carbocycles. The lowest BCUT2D eigenvalue weighted by Crippen LogP contribution is -2.77. The zero-order chi connectivity index (χ0) is 39.6. The average molecular weight is 783 g/mol. The minimum Gasteiger partial charge on any atom is -0.478 e. The zero-order valence-electron chi connectivity index (χ0n) is 28.4. The third-order valence-electron chi connectivity index (χ3n) is 15.1. The molecule has 2 aromatic rings. The van der Waals surface area contributed by atoms with E-state index in [1.807, 2.05) is 0 Å². The van der Waals surface area contributed by atoms with Crippen molar-refractivity contribution in [3.05, 3.63) is 70.8 Å². The van der Waals surface area contributed by atoms with Gasteiger partial charge in [0.2, 0.25) is 0 Å². The van der Waals surface area contributed by atoms with E-state index in [4.69, 9.17) is 0 Å². The highest BCUT2D eigenvalue weighted by Gasteiger charge is 2.87. The fourth-order valence-electron chi connectivity index (χ4n) is 14.1. The van der Waals surface area contributed by atoms with Crippen molar-refractivity contribution in [1.29, 1.82) is 0 Å². The van der Waals surface area contributed by atoms with Gasteiger partial charge >= 0.3 is 36.6 Å². The zero-order valence-corrected chi connectivity index (χ0v) is 28.4. The first-order valence-electron chi connectivity index (χ1n) is 17.5. The van der Waals surface area contributed by atoms with Crippen LogP contribution in [-0.4, -0.2) is 46.9 Å². The van der Waals surface area contributed by atoms with Crippen molar-refractivity contribution < 1.29 is 72.5 Å². The molecule has 2 N–H and O–H groups in total. The molecule has 0 radical (unpaired) electrons. The second-order valence-corrected chi connectivity index (χ2v) is 18.1. The molecule has 8 bridgehead atoms. The van der Waals surface area contributed by atoms with Crippen LogP contribution >= 0.6 is 0 Å². The second-order valence-electron chi connectivity index (χ2n) is 18.1.